The highest BCUT2D eigenvalue weighted by Crippen LogP contribution is 2.38. The maximum absolute atomic E-state index is 10.5. The maximum atomic E-state index is 10.5. The molecule has 7 nitrogen and oxygen atoms in total. The molecule has 1 aromatic heterocycles. The van der Waals surface area contributed by atoms with Crippen LogP contribution in [0.2, 0.25) is 0 Å². The second kappa shape index (κ2) is 4.86. The van der Waals surface area contributed by atoms with Gasteiger partial charge in [-0.15, -0.1) is 0 Å². The van der Waals surface area contributed by atoms with E-state index in [-0.39, 0.29) is 0 Å². The summed E-state index contributed by atoms with van der Waals surface area (Å²) in [5, 5.41) is 5.54. The van der Waals surface area contributed by atoms with Crippen molar-refractivity contribution in [2.24, 2.45) is 5.73 Å². The standard InChI is InChI=1S/C10H16N6O/c11-7-5-8(13-3-4-14-10(12)17)16-9(15-7)6-1-2-6/h5-6H,1-4H2,(H3,12,14,17)(H3,11,13,15,16). The van der Waals surface area contributed by atoms with E-state index in [1.807, 2.05) is 0 Å². The minimum absolute atomic E-state index is 0.442. The average molecular weight is 236 g/mol. The summed E-state index contributed by atoms with van der Waals surface area (Å²) in [6.45, 7) is 0.988. The Morgan fingerprint density at radius 1 is 1.41 bits per heavy atom. The molecule has 1 aliphatic rings. The minimum Gasteiger partial charge on any atom is -0.384 e. The van der Waals surface area contributed by atoms with Gasteiger partial charge in [0, 0.05) is 25.1 Å². The number of nitrogen functional groups attached to an aromatic ring is 1. The Labute approximate surface area is 99.0 Å². The summed E-state index contributed by atoms with van der Waals surface area (Å²) < 4.78 is 0. The van der Waals surface area contributed by atoms with Crippen LogP contribution in [0.15, 0.2) is 6.07 Å². The summed E-state index contributed by atoms with van der Waals surface area (Å²) in [7, 11) is 0. The van der Waals surface area contributed by atoms with Crippen molar-refractivity contribution in [2.45, 2.75) is 18.8 Å². The fraction of sp³-hybridized carbons (Fsp3) is 0.500. The molecule has 0 saturated heterocycles. The van der Waals surface area contributed by atoms with E-state index in [2.05, 4.69) is 20.6 Å². The molecule has 0 bridgehead atoms. The van der Waals surface area contributed by atoms with Gasteiger partial charge >= 0.3 is 6.03 Å². The first kappa shape index (κ1) is 11.4. The molecule has 0 spiro atoms. The van der Waals surface area contributed by atoms with Gasteiger partial charge in [0.2, 0.25) is 0 Å². The fourth-order valence-electron chi connectivity index (χ4n) is 1.48. The highest BCUT2D eigenvalue weighted by atomic mass is 16.2. The third kappa shape index (κ3) is 3.47. The third-order valence-corrected chi connectivity index (χ3v) is 2.44. The molecule has 0 aromatic carbocycles. The van der Waals surface area contributed by atoms with Gasteiger partial charge in [-0.05, 0) is 12.8 Å². The summed E-state index contributed by atoms with van der Waals surface area (Å²) in [4.78, 5) is 19.0. The van der Waals surface area contributed by atoms with Gasteiger partial charge in [0.25, 0.3) is 0 Å². The van der Waals surface area contributed by atoms with Crippen LogP contribution in [0.5, 0.6) is 0 Å². The Kier molecular flexibility index (Phi) is 3.27. The molecule has 6 N–H and O–H groups in total. The zero-order valence-electron chi connectivity index (χ0n) is 9.44. The van der Waals surface area contributed by atoms with Crippen LogP contribution < -0.4 is 22.1 Å². The molecular formula is C10H16N6O. The van der Waals surface area contributed by atoms with E-state index in [0.29, 0.717) is 30.6 Å². The number of nitrogens with two attached hydrogens (primary N) is 2. The molecule has 1 aliphatic carbocycles. The van der Waals surface area contributed by atoms with E-state index in [1.54, 1.807) is 6.07 Å². The summed E-state index contributed by atoms with van der Waals surface area (Å²) in [6, 6.07) is 1.14. The molecule has 0 unspecified atom stereocenters. The number of nitrogens with one attached hydrogen (secondary N) is 2. The molecule has 1 fully saturated rings. The van der Waals surface area contributed by atoms with Crippen molar-refractivity contribution in [1.82, 2.24) is 15.3 Å². The molecule has 1 heterocycles. The Balaban J connectivity index is 1.89. The van der Waals surface area contributed by atoms with Gasteiger partial charge in [-0.3, -0.25) is 0 Å². The van der Waals surface area contributed by atoms with Crippen molar-refractivity contribution in [3.8, 4) is 0 Å². The minimum atomic E-state index is -0.535. The van der Waals surface area contributed by atoms with Crippen molar-refractivity contribution in [3.05, 3.63) is 11.9 Å². The third-order valence-electron chi connectivity index (χ3n) is 2.44. The van der Waals surface area contributed by atoms with E-state index in [9.17, 15) is 4.79 Å². The number of hydrogen-bond donors (Lipinski definition) is 4. The van der Waals surface area contributed by atoms with E-state index >= 15 is 0 Å². The number of rotatable bonds is 5. The predicted molar refractivity (Wildman–Crippen MR) is 64.5 cm³/mol. The zero-order chi connectivity index (χ0) is 12.3. The van der Waals surface area contributed by atoms with Gasteiger partial charge in [-0.1, -0.05) is 0 Å². The molecule has 1 aromatic rings. The summed E-state index contributed by atoms with van der Waals surface area (Å²) in [5.41, 5.74) is 10.6. The second-order valence-corrected chi connectivity index (χ2v) is 4.03. The number of aromatic nitrogens is 2. The Morgan fingerprint density at radius 3 is 2.82 bits per heavy atom. The maximum Gasteiger partial charge on any atom is 0.312 e. The summed E-state index contributed by atoms with van der Waals surface area (Å²) in [5.74, 6) is 2.41. The number of primary amides is 1. The van der Waals surface area contributed by atoms with Crippen LogP contribution in [-0.4, -0.2) is 29.1 Å². The zero-order valence-corrected chi connectivity index (χ0v) is 9.44. The number of urea groups is 1. The first-order chi connectivity index (χ1) is 8.15. The molecular weight excluding hydrogens is 220 g/mol. The molecule has 7 heteroatoms. The normalized spacial score (nSPS) is 14.4. The van der Waals surface area contributed by atoms with Gasteiger partial charge in [0.05, 0.1) is 0 Å². The van der Waals surface area contributed by atoms with Gasteiger partial charge in [0.1, 0.15) is 17.5 Å². The highest BCUT2D eigenvalue weighted by molar-refractivity contribution is 5.71. The molecule has 1 saturated carbocycles. The Bertz CT molecular complexity index is 417. The van der Waals surface area contributed by atoms with E-state index < -0.39 is 6.03 Å². The SMILES string of the molecule is NC(=O)NCCNc1cc(N)nc(C2CC2)n1. The van der Waals surface area contributed by atoms with Gasteiger partial charge in [0.15, 0.2) is 0 Å². The number of nitrogens with zero attached hydrogens (tertiary/aromatic N) is 2. The van der Waals surface area contributed by atoms with E-state index in [0.717, 1.165) is 18.7 Å². The highest BCUT2D eigenvalue weighted by Gasteiger charge is 2.27. The first-order valence-corrected chi connectivity index (χ1v) is 5.57. The molecule has 0 atom stereocenters. The quantitative estimate of drug-likeness (QED) is 0.537. The molecule has 92 valence electrons. The molecule has 0 radical (unpaired) electrons. The van der Waals surface area contributed by atoms with Crippen molar-refractivity contribution in [3.63, 3.8) is 0 Å². The lowest BCUT2D eigenvalue weighted by Gasteiger charge is -2.08. The lowest BCUT2D eigenvalue weighted by Crippen LogP contribution is -2.33. The number of amides is 2. The fourth-order valence-corrected chi connectivity index (χ4v) is 1.48. The smallest absolute Gasteiger partial charge is 0.312 e. The second-order valence-electron chi connectivity index (χ2n) is 4.03. The topological polar surface area (TPSA) is 119 Å². The van der Waals surface area contributed by atoms with Crippen LogP contribution in [0.25, 0.3) is 0 Å². The lowest BCUT2D eigenvalue weighted by molar-refractivity contribution is 0.249. The van der Waals surface area contributed by atoms with Crippen LogP contribution >= 0.6 is 0 Å². The van der Waals surface area contributed by atoms with E-state index in [4.69, 9.17) is 11.5 Å². The van der Waals surface area contributed by atoms with Crippen LogP contribution in [0, 0.1) is 0 Å². The average Bonchev–Trinajstić information content (AvgIpc) is 3.07. The summed E-state index contributed by atoms with van der Waals surface area (Å²) in [6.07, 6.45) is 2.26. The number of carbonyl (C=O) groups excluding carboxylic acids is 1. The Hall–Kier alpha value is -2.05. The number of hydrogen-bond acceptors (Lipinski definition) is 5. The van der Waals surface area contributed by atoms with Crippen molar-refractivity contribution in [1.29, 1.82) is 0 Å². The van der Waals surface area contributed by atoms with Crippen LogP contribution in [0.4, 0.5) is 16.4 Å². The Morgan fingerprint density at radius 2 is 2.18 bits per heavy atom. The van der Waals surface area contributed by atoms with Crippen LogP contribution in [0.1, 0.15) is 24.6 Å². The van der Waals surface area contributed by atoms with Crippen molar-refractivity contribution in [2.75, 3.05) is 24.1 Å². The van der Waals surface area contributed by atoms with Crippen molar-refractivity contribution >= 4 is 17.7 Å². The van der Waals surface area contributed by atoms with E-state index in [1.165, 1.54) is 0 Å². The molecule has 17 heavy (non-hydrogen) atoms. The molecule has 0 aliphatic heterocycles. The molecule has 2 amide bonds. The number of carbonyl (C=O) groups is 1. The lowest BCUT2D eigenvalue weighted by atomic mass is 10.4. The van der Waals surface area contributed by atoms with Crippen LogP contribution in [-0.2, 0) is 0 Å². The van der Waals surface area contributed by atoms with Gasteiger partial charge in [-0.2, -0.15) is 0 Å². The molecule has 2 rings (SSSR count). The predicted octanol–water partition coefficient (Wildman–Crippen LogP) is 0.0164. The first-order valence-electron chi connectivity index (χ1n) is 5.57. The van der Waals surface area contributed by atoms with Gasteiger partial charge in [-0.25, -0.2) is 14.8 Å². The number of anilines is 2. The largest absolute Gasteiger partial charge is 0.384 e. The van der Waals surface area contributed by atoms with Crippen LogP contribution in [0.3, 0.4) is 0 Å². The summed E-state index contributed by atoms with van der Waals surface area (Å²) >= 11 is 0. The van der Waals surface area contributed by atoms with Crippen molar-refractivity contribution < 1.29 is 4.79 Å². The van der Waals surface area contributed by atoms with Gasteiger partial charge < -0.3 is 22.1 Å². The monoisotopic (exact) mass is 236 g/mol.